The molecule has 2 nitrogen and oxygen atoms in total. The van der Waals surface area contributed by atoms with E-state index in [4.69, 9.17) is 11.6 Å². The lowest BCUT2D eigenvalue weighted by molar-refractivity contribution is 0.171. The molecule has 0 saturated heterocycles. The summed E-state index contributed by atoms with van der Waals surface area (Å²) in [5, 5.41) is 0. The van der Waals surface area contributed by atoms with E-state index in [2.05, 4.69) is 50.6 Å². The fourth-order valence-corrected chi connectivity index (χ4v) is 3.24. The monoisotopic (exact) mass is 312 g/mol. The molecule has 1 heterocycles. The maximum absolute atomic E-state index is 6.04. The molecule has 1 aliphatic carbocycles. The molecule has 1 aliphatic rings. The van der Waals surface area contributed by atoms with E-state index in [1.54, 1.807) is 0 Å². The van der Waals surface area contributed by atoms with Crippen LogP contribution in [0.1, 0.15) is 32.0 Å². The van der Waals surface area contributed by atoms with E-state index in [-0.39, 0.29) is 5.54 Å². The molecule has 1 aromatic heterocycles. The molecule has 0 unspecified atom stereocenters. The van der Waals surface area contributed by atoms with Gasteiger partial charge in [0.15, 0.2) is 0 Å². The number of imidazole rings is 1. The van der Waals surface area contributed by atoms with Crippen molar-refractivity contribution >= 4 is 38.6 Å². The maximum atomic E-state index is 6.04. The first-order valence-electron chi connectivity index (χ1n) is 5.87. The van der Waals surface area contributed by atoms with Gasteiger partial charge in [-0.15, -0.1) is 11.6 Å². The number of alkyl halides is 1. The molecule has 0 N–H and O–H groups in total. The molecule has 1 saturated carbocycles. The molecule has 1 fully saturated rings. The number of halogens is 2. The highest BCUT2D eigenvalue weighted by Crippen LogP contribution is 2.42. The number of aromatic nitrogens is 2. The zero-order valence-electron chi connectivity index (χ0n) is 9.71. The molecule has 2 aromatic rings. The minimum atomic E-state index is 0.215. The second-order valence-electron chi connectivity index (χ2n) is 4.98. The zero-order valence-corrected chi connectivity index (χ0v) is 12.1. The van der Waals surface area contributed by atoms with Crippen LogP contribution >= 0.6 is 27.5 Å². The first kappa shape index (κ1) is 11.5. The summed E-state index contributed by atoms with van der Waals surface area (Å²) in [6, 6.07) is 6.26. The smallest absolute Gasteiger partial charge is 0.125 e. The van der Waals surface area contributed by atoms with Crippen molar-refractivity contribution in [1.29, 1.82) is 0 Å². The number of fused-ring (bicyclic) bond motifs is 1. The molecule has 90 valence electrons. The molecular formula is C13H14BrClN2. The molecule has 3 rings (SSSR count). The van der Waals surface area contributed by atoms with Gasteiger partial charge in [0.25, 0.3) is 0 Å². The Morgan fingerprint density at radius 3 is 2.82 bits per heavy atom. The highest BCUT2D eigenvalue weighted by atomic mass is 79.9. The van der Waals surface area contributed by atoms with E-state index >= 15 is 0 Å². The van der Waals surface area contributed by atoms with E-state index in [1.165, 1.54) is 24.8 Å². The van der Waals surface area contributed by atoms with Crippen molar-refractivity contribution in [2.45, 2.75) is 37.6 Å². The zero-order chi connectivity index (χ0) is 12.0. The topological polar surface area (TPSA) is 17.8 Å². The lowest BCUT2D eigenvalue weighted by atomic mass is 9.78. The Kier molecular flexibility index (Phi) is 2.71. The standard InChI is InChI=1S/C13H14BrClN2/c1-13(5-2-6-13)17-11-4-3-9(14)7-10(11)16-12(17)8-15/h3-4,7H,2,5-6,8H2,1H3. The van der Waals surface area contributed by atoms with Gasteiger partial charge in [-0.05, 0) is 44.4 Å². The van der Waals surface area contributed by atoms with Crippen molar-refractivity contribution in [3.63, 3.8) is 0 Å². The van der Waals surface area contributed by atoms with E-state index in [9.17, 15) is 0 Å². The summed E-state index contributed by atoms with van der Waals surface area (Å²) < 4.78 is 3.40. The van der Waals surface area contributed by atoms with Crippen molar-refractivity contribution in [2.75, 3.05) is 0 Å². The fourth-order valence-electron chi connectivity index (χ4n) is 2.71. The molecule has 0 amide bonds. The van der Waals surface area contributed by atoms with E-state index < -0.39 is 0 Å². The summed E-state index contributed by atoms with van der Waals surface area (Å²) in [4.78, 5) is 4.64. The van der Waals surface area contributed by atoms with E-state index in [0.717, 1.165) is 15.8 Å². The van der Waals surface area contributed by atoms with Crippen molar-refractivity contribution in [1.82, 2.24) is 9.55 Å². The van der Waals surface area contributed by atoms with Crippen LogP contribution in [0.4, 0.5) is 0 Å². The number of benzene rings is 1. The average Bonchev–Trinajstić information content (AvgIpc) is 2.63. The fraction of sp³-hybridized carbons (Fsp3) is 0.462. The molecule has 0 atom stereocenters. The summed E-state index contributed by atoms with van der Waals surface area (Å²) in [5.74, 6) is 1.46. The van der Waals surface area contributed by atoms with Gasteiger partial charge in [-0.1, -0.05) is 15.9 Å². The van der Waals surface area contributed by atoms with Crippen molar-refractivity contribution in [2.24, 2.45) is 0 Å². The van der Waals surface area contributed by atoms with Crippen LogP contribution in [0.2, 0.25) is 0 Å². The number of hydrogen-bond donors (Lipinski definition) is 0. The van der Waals surface area contributed by atoms with Crippen LogP contribution in [0, 0.1) is 0 Å². The summed E-state index contributed by atoms with van der Waals surface area (Å²) in [5.41, 5.74) is 2.45. The van der Waals surface area contributed by atoms with Crippen LogP contribution in [0.3, 0.4) is 0 Å². The van der Waals surface area contributed by atoms with Gasteiger partial charge >= 0.3 is 0 Å². The first-order valence-corrected chi connectivity index (χ1v) is 7.20. The third-order valence-electron chi connectivity index (χ3n) is 3.78. The van der Waals surface area contributed by atoms with Crippen LogP contribution < -0.4 is 0 Å². The highest BCUT2D eigenvalue weighted by molar-refractivity contribution is 9.10. The lowest BCUT2D eigenvalue weighted by Gasteiger charge is -2.41. The first-order chi connectivity index (χ1) is 8.14. The molecule has 0 aliphatic heterocycles. The highest BCUT2D eigenvalue weighted by Gasteiger charge is 2.36. The Morgan fingerprint density at radius 1 is 1.47 bits per heavy atom. The molecular weight excluding hydrogens is 300 g/mol. The van der Waals surface area contributed by atoms with Gasteiger partial charge < -0.3 is 4.57 Å². The summed E-state index contributed by atoms with van der Waals surface area (Å²) in [7, 11) is 0. The normalized spacial score (nSPS) is 18.3. The van der Waals surface area contributed by atoms with Crippen LogP contribution in [0.15, 0.2) is 22.7 Å². The minimum absolute atomic E-state index is 0.215. The largest absolute Gasteiger partial charge is 0.321 e. The van der Waals surface area contributed by atoms with Crippen molar-refractivity contribution < 1.29 is 0 Å². The number of rotatable bonds is 2. The average molecular weight is 314 g/mol. The summed E-state index contributed by atoms with van der Waals surface area (Å²) >= 11 is 9.52. The number of hydrogen-bond acceptors (Lipinski definition) is 1. The Bertz CT molecular complexity index is 572. The Labute approximate surface area is 114 Å². The second kappa shape index (κ2) is 3.99. The maximum Gasteiger partial charge on any atom is 0.125 e. The molecule has 0 bridgehead atoms. The van der Waals surface area contributed by atoms with Gasteiger partial charge in [0.1, 0.15) is 5.82 Å². The molecule has 4 heteroatoms. The van der Waals surface area contributed by atoms with Crippen molar-refractivity contribution in [3.8, 4) is 0 Å². The summed E-state index contributed by atoms with van der Waals surface area (Å²) in [6.07, 6.45) is 3.74. The number of nitrogens with zero attached hydrogens (tertiary/aromatic N) is 2. The second-order valence-corrected chi connectivity index (χ2v) is 6.16. The summed E-state index contributed by atoms with van der Waals surface area (Å²) in [6.45, 7) is 2.30. The third-order valence-corrected chi connectivity index (χ3v) is 4.51. The van der Waals surface area contributed by atoms with Gasteiger partial charge in [0.2, 0.25) is 0 Å². The van der Waals surface area contributed by atoms with Gasteiger partial charge in [-0.25, -0.2) is 4.98 Å². The minimum Gasteiger partial charge on any atom is -0.321 e. The van der Waals surface area contributed by atoms with E-state index in [0.29, 0.717) is 5.88 Å². The Morgan fingerprint density at radius 2 is 2.24 bits per heavy atom. The van der Waals surface area contributed by atoms with Gasteiger partial charge in [-0.3, -0.25) is 0 Å². The van der Waals surface area contributed by atoms with Gasteiger partial charge in [-0.2, -0.15) is 0 Å². The van der Waals surface area contributed by atoms with Gasteiger partial charge in [0.05, 0.1) is 16.9 Å². The quantitative estimate of drug-likeness (QED) is 0.750. The predicted octanol–water partition coefficient (Wildman–Crippen LogP) is 4.44. The Hall–Kier alpha value is -0.540. The van der Waals surface area contributed by atoms with E-state index in [1.807, 2.05) is 0 Å². The van der Waals surface area contributed by atoms with Crippen LogP contribution in [-0.2, 0) is 11.4 Å². The Balaban J connectivity index is 2.27. The molecule has 0 radical (unpaired) electrons. The van der Waals surface area contributed by atoms with Crippen LogP contribution in [0.5, 0.6) is 0 Å². The predicted molar refractivity (Wildman–Crippen MR) is 74.5 cm³/mol. The van der Waals surface area contributed by atoms with Crippen LogP contribution in [-0.4, -0.2) is 9.55 Å². The van der Waals surface area contributed by atoms with Crippen LogP contribution in [0.25, 0.3) is 11.0 Å². The molecule has 1 aromatic carbocycles. The molecule has 0 spiro atoms. The SMILES string of the molecule is CC1(n2c(CCl)nc3cc(Br)ccc32)CCC1. The molecule has 17 heavy (non-hydrogen) atoms. The van der Waals surface area contributed by atoms with Crippen molar-refractivity contribution in [3.05, 3.63) is 28.5 Å². The third kappa shape index (κ3) is 1.71. The van der Waals surface area contributed by atoms with Gasteiger partial charge in [0, 0.05) is 10.0 Å². The lowest BCUT2D eigenvalue weighted by Crippen LogP contribution is -2.38.